The van der Waals surface area contributed by atoms with E-state index in [1.54, 1.807) is 11.3 Å². The predicted molar refractivity (Wildman–Crippen MR) is 76.3 cm³/mol. The molecule has 1 heterocycles. The molecule has 2 aromatic rings. The molecule has 16 heavy (non-hydrogen) atoms. The van der Waals surface area contributed by atoms with Gasteiger partial charge in [0, 0.05) is 16.9 Å². The van der Waals surface area contributed by atoms with Gasteiger partial charge in [-0.05, 0) is 53.7 Å². The normalized spacial score (nSPS) is 10.3. The van der Waals surface area contributed by atoms with E-state index in [0.29, 0.717) is 5.11 Å². The first-order chi connectivity index (χ1) is 7.79. The molecule has 0 aliphatic rings. The third kappa shape index (κ3) is 2.71. The molecule has 0 amide bonds. The number of thiocarbonyl (C=S) groups is 1. The molecule has 0 bridgehead atoms. The van der Waals surface area contributed by atoms with Gasteiger partial charge in [0.1, 0.15) is 0 Å². The monoisotopic (exact) mass is 250 g/mol. The maximum absolute atomic E-state index is 5.18. The van der Waals surface area contributed by atoms with Crippen LogP contribution in [0, 0.1) is 0 Å². The van der Waals surface area contributed by atoms with Gasteiger partial charge in [-0.3, -0.25) is 0 Å². The minimum absolute atomic E-state index is 0.691. The average molecular weight is 250 g/mol. The fourth-order valence-corrected chi connectivity index (χ4v) is 2.45. The Morgan fingerprint density at radius 1 is 1.38 bits per heavy atom. The lowest BCUT2D eigenvalue weighted by molar-refractivity contribution is 0.846. The van der Waals surface area contributed by atoms with E-state index in [2.05, 4.69) is 47.2 Å². The predicted octanol–water partition coefficient (Wildman–Crippen LogP) is 3.60. The van der Waals surface area contributed by atoms with Crippen molar-refractivity contribution < 1.29 is 0 Å². The van der Waals surface area contributed by atoms with Crippen LogP contribution in [0.1, 0.15) is 13.3 Å². The van der Waals surface area contributed by atoms with Crippen LogP contribution in [-0.2, 0) is 0 Å². The highest BCUT2D eigenvalue weighted by Gasteiger charge is 1.99. The molecule has 2 N–H and O–H groups in total. The molecule has 1 aromatic heterocycles. The minimum atomic E-state index is 0.691. The summed E-state index contributed by atoms with van der Waals surface area (Å²) in [6.45, 7) is 3.03. The number of hydrogen-bond acceptors (Lipinski definition) is 2. The summed E-state index contributed by atoms with van der Waals surface area (Å²) in [4.78, 5) is 0. The number of rotatable bonds is 3. The first-order valence-electron chi connectivity index (χ1n) is 5.31. The smallest absolute Gasteiger partial charge is 0.170 e. The summed E-state index contributed by atoms with van der Waals surface area (Å²) in [7, 11) is 0. The van der Waals surface area contributed by atoms with Crippen LogP contribution in [-0.4, -0.2) is 11.7 Å². The summed E-state index contributed by atoms with van der Waals surface area (Å²) >= 11 is 6.94. The topological polar surface area (TPSA) is 24.1 Å². The van der Waals surface area contributed by atoms with Crippen LogP contribution < -0.4 is 10.6 Å². The van der Waals surface area contributed by atoms with E-state index in [4.69, 9.17) is 12.2 Å². The quantitative estimate of drug-likeness (QED) is 0.814. The van der Waals surface area contributed by atoms with Crippen molar-refractivity contribution in [2.24, 2.45) is 0 Å². The average Bonchev–Trinajstić information content (AvgIpc) is 2.73. The summed E-state index contributed by atoms with van der Waals surface area (Å²) in [6, 6.07) is 8.41. The van der Waals surface area contributed by atoms with Crippen LogP contribution in [0.5, 0.6) is 0 Å². The van der Waals surface area contributed by atoms with Crippen molar-refractivity contribution in [2.75, 3.05) is 11.9 Å². The van der Waals surface area contributed by atoms with Gasteiger partial charge < -0.3 is 10.6 Å². The SMILES string of the molecule is CCCNC(=S)Nc1ccc2sccc2c1. The van der Waals surface area contributed by atoms with E-state index < -0.39 is 0 Å². The Labute approximate surface area is 105 Å². The number of anilines is 1. The molecular formula is C12H14N2S2. The van der Waals surface area contributed by atoms with Gasteiger partial charge in [0.15, 0.2) is 5.11 Å². The molecule has 0 radical (unpaired) electrons. The standard InChI is InChI=1S/C12H14N2S2/c1-2-6-13-12(15)14-10-3-4-11-9(8-10)5-7-16-11/h3-5,7-8H,2,6H2,1H3,(H2,13,14,15). The molecule has 4 heteroatoms. The summed E-state index contributed by atoms with van der Waals surface area (Å²) in [5.74, 6) is 0. The van der Waals surface area contributed by atoms with E-state index in [1.165, 1.54) is 10.1 Å². The Hall–Kier alpha value is -1.13. The van der Waals surface area contributed by atoms with Crippen LogP contribution in [0.4, 0.5) is 5.69 Å². The van der Waals surface area contributed by atoms with E-state index in [1.807, 2.05) is 0 Å². The maximum Gasteiger partial charge on any atom is 0.170 e. The lowest BCUT2D eigenvalue weighted by Crippen LogP contribution is -2.28. The van der Waals surface area contributed by atoms with E-state index in [-0.39, 0.29) is 0 Å². The van der Waals surface area contributed by atoms with Gasteiger partial charge in [-0.1, -0.05) is 6.92 Å². The minimum Gasteiger partial charge on any atom is -0.362 e. The maximum atomic E-state index is 5.18. The van der Waals surface area contributed by atoms with Gasteiger partial charge in [0.25, 0.3) is 0 Å². The third-order valence-electron chi connectivity index (χ3n) is 2.25. The summed E-state index contributed by atoms with van der Waals surface area (Å²) in [5, 5.41) is 10.4. The van der Waals surface area contributed by atoms with Gasteiger partial charge in [-0.2, -0.15) is 0 Å². The zero-order valence-corrected chi connectivity index (χ0v) is 10.8. The highest BCUT2D eigenvalue weighted by atomic mass is 32.1. The molecule has 1 aromatic carbocycles. The van der Waals surface area contributed by atoms with Crippen molar-refractivity contribution >= 4 is 44.4 Å². The molecule has 0 unspecified atom stereocenters. The zero-order chi connectivity index (χ0) is 11.4. The van der Waals surface area contributed by atoms with Crippen molar-refractivity contribution in [3.8, 4) is 0 Å². The van der Waals surface area contributed by atoms with Gasteiger partial charge in [0.05, 0.1) is 0 Å². The number of nitrogens with one attached hydrogen (secondary N) is 2. The highest BCUT2D eigenvalue weighted by molar-refractivity contribution is 7.80. The Morgan fingerprint density at radius 3 is 3.06 bits per heavy atom. The summed E-state index contributed by atoms with van der Waals surface area (Å²) in [5.41, 5.74) is 1.04. The van der Waals surface area contributed by atoms with Gasteiger partial charge in [-0.25, -0.2) is 0 Å². The second-order valence-corrected chi connectivity index (χ2v) is 4.91. The Balaban J connectivity index is 2.06. The molecule has 2 rings (SSSR count). The van der Waals surface area contributed by atoms with E-state index in [9.17, 15) is 0 Å². The van der Waals surface area contributed by atoms with E-state index >= 15 is 0 Å². The second kappa shape index (κ2) is 5.27. The van der Waals surface area contributed by atoms with Crippen LogP contribution in [0.25, 0.3) is 10.1 Å². The number of benzene rings is 1. The summed E-state index contributed by atoms with van der Waals surface area (Å²) in [6.07, 6.45) is 1.07. The zero-order valence-electron chi connectivity index (χ0n) is 9.12. The first-order valence-corrected chi connectivity index (χ1v) is 6.60. The van der Waals surface area contributed by atoms with Crippen LogP contribution >= 0.6 is 23.6 Å². The molecule has 0 spiro atoms. The fourth-order valence-electron chi connectivity index (χ4n) is 1.46. The molecular weight excluding hydrogens is 236 g/mol. The van der Waals surface area contributed by atoms with Gasteiger partial charge >= 0.3 is 0 Å². The van der Waals surface area contributed by atoms with Gasteiger partial charge in [-0.15, -0.1) is 11.3 Å². The van der Waals surface area contributed by atoms with Crippen molar-refractivity contribution in [3.63, 3.8) is 0 Å². The lowest BCUT2D eigenvalue weighted by atomic mass is 10.2. The van der Waals surface area contributed by atoms with Crippen LogP contribution in [0.2, 0.25) is 0 Å². The molecule has 0 saturated heterocycles. The van der Waals surface area contributed by atoms with E-state index in [0.717, 1.165) is 18.7 Å². The first kappa shape index (κ1) is 11.4. The summed E-state index contributed by atoms with van der Waals surface area (Å²) < 4.78 is 1.30. The largest absolute Gasteiger partial charge is 0.362 e. The molecule has 0 aliphatic carbocycles. The molecule has 0 fully saturated rings. The van der Waals surface area contributed by atoms with Crippen molar-refractivity contribution in [1.29, 1.82) is 0 Å². The highest BCUT2D eigenvalue weighted by Crippen LogP contribution is 2.23. The van der Waals surface area contributed by atoms with Crippen molar-refractivity contribution in [3.05, 3.63) is 29.6 Å². The Bertz CT molecular complexity index is 490. The lowest BCUT2D eigenvalue weighted by Gasteiger charge is -2.09. The molecule has 0 saturated carbocycles. The van der Waals surface area contributed by atoms with Crippen molar-refractivity contribution in [1.82, 2.24) is 5.32 Å². The molecule has 84 valence electrons. The Morgan fingerprint density at radius 2 is 2.25 bits per heavy atom. The van der Waals surface area contributed by atoms with Gasteiger partial charge in [0.2, 0.25) is 0 Å². The third-order valence-corrected chi connectivity index (χ3v) is 3.39. The molecule has 0 atom stereocenters. The second-order valence-electron chi connectivity index (χ2n) is 3.55. The van der Waals surface area contributed by atoms with Crippen molar-refractivity contribution in [2.45, 2.75) is 13.3 Å². The Kier molecular flexibility index (Phi) is 3.74. The number of hydrogen-bond donors (Lipinski definition) is 2. The molecule has 0 aliphatic heterocycles. The van der Waals surface area contributed by atoms with Crippen LogP contribution in [0.3, 0.4) is 0 Å². The fraction of sp³-hybridized carbons (Fsp3) is 0.250. The van der Waals surface area contributed by atoms with Crippen LogP contribution in [0.15, 0.2) is 29.6 Å². The number of thiophene rings is 1. The number of fused-ring (bicyclic) bond motifs is 1. The molecule has 2 nitrogen and oxygen atoms in total.